The van der Waals surface area contributed by atoms with Crippen molar-refractivity contribution >= 4 is 17.5 Å². The number of anilines is 1. The van der Waals surface area contributed by atoms with Gasteiger partial charge in [-0.15, -0.1) is 0 Å². The van der Waals surface area contributed by atoms with Gasteiger partial charge in [0, 0.05) is 29.6 Å². The molecule has 0 bridgehead atoms. The zero-order chi connectivity index (χ0) is 17.8. The van der Waals surface area contributed by atoms with Crippen LogP contribution in [0.5, 0.6) is 0 Å². The van der Waals surface area contributed by atoms with Crippen LogP contribution in [0.1, 0.15) is 48.4 Å². The van der Waals surface area contributed by atoms with E-state index < -0.39 is 6.10 Å². The fourth-order valence-corrected chi connectivity index (χ4v) is 2.63. The van der Waals surface area contributed by atoms with E-state index in [1.807, 2.05) is 6.92 Å². The van der Waals surface area contributed by atoms with Crippen molar-refractivity contribution in [2.24, 2.45) is 5.92 Å². The van der Waals surface area contributed by atoms with Gasteiger partial charge in [-0.1, -0.05) is 6.07 Å². The summed E-state index contributed by atoms with van der Waals surface area (Å²) in [6.45, 7) is 1.82. The van der Waals surface area contributed by atoms with Crippen LogP contribution in [0.25, 0.3) is 0 Å². The van der Waals surface area contributed by atoms with Gasteiger partial charge in [-0.25, -0.2) is 0 Å². The van der Waals surface area contributed by atoms with Crippen molar-refractivity contribution in [3.8, 4) is 0 Å². The maximum Gasteiger partial charge on any atom is 0.251 e. The third-order valence-corrected chi connectivity index (χ3v) is 4.17. The molecule has 0 radical (unpaired) electrons. The second kappa shape index (κ2) is 7.53. The predicted molar refractivity (Wildman–Crippen MR) is 93.0 cm³/mol. The van der Waals surface area contributed by atoms with Crippen molar-refractivity contribution in [2.75, 3.05) is 5.32 Å². The zero-order valence-corrected chi connectivity index (χ0v) is 14.1. The molecule has 2 unspecified atom stereocenters. The highest BCUT2D eigenvalue weighted by Crippen LogP contribution is 2.30. The number of aliphatic hydroxyl groups is 1. The van der Waals surface area contributed by atoms with Crippen LogP contribution in [0, 0.1) is 5.92 Å². The Morgan fingerprint density at radius 2 is 2.08 bits per heavy atom. The molecule has 0 spiro atoms. The minimum Gasteiger partial charge on any atom is -0.467 e. The number of carbonyl (C=O) groups is 2. The van der Waals surface area contributed by atoms with E-state index in [4.69, 9.17) is 4.42 Å². The molecule has 2 atom stereocenters. The summed E-state index contributed by atoms with van der Waals surface area (Å²) in [6, 6.07) is 10.0. The first-order valence-corrected chi connectivity index (χ1v) is 8.46. The minimum absolute atomic E-state index is 0.00694. The lowest BCUT2D eigenvalue weighted by Crippen LogP contribution is -2.33. The van der Waals surface area contributed by atoms with Crippen LogP contribution in [0.3, 0.4) is 0 Å². The highest BCUT2D eigenvalue weighted by atomic mass is 16.4. The molecule has 2 aromatic rings. The molecule has 3 N–H and O–H groups in total. The lowest BCUT2D eigenvalue weighted by atomic mass is 10.1. The number of hydrogen-bond acceptors (Lipinski definition) is 4. The third kappa shape index (κ3) is 4.70. The SMILES string of the molecule is CC(CC(O)c1ccco1)NC(=O)c1cccc(NC(=O)C2CC2)c1. The molecule has 6 nitrogen and oxygen atoms in total. The number of benzene rings is 1. The average Bonchev–Trinajstić information content (AvgIpc) is 3.29. The number of hydrogen-bond donors (Lipinski definition) is 3. The van der Waals surface area contributed by atoms with Gasteiger partial charge in [0.25, 0.3) is 5.91 Å². The normalized spacial score (nSPS) is 16.1. The van der Waals surface area contributed by atoms with Gasteiger partial charge in [-0.3, -0.25) is 9.59 Å². The van der Waals surface area contributed by atoms with E-state index in [-0.39, 0.29) is 23.8 Å². The Labute approximate surface area is 146 Å². The topological polar surface area (TPSA) is 91.6 Å². The highest BCUT2D eigenvalue weighted by molar-refractivity contribution is 5.98. The van der Waals surface area contributed by atoms with Gasteiger partial charge in [-0.05, 0) is 50.1 Å². The number of aliphatic hydroxyl groups excluding tert-OH is 1. The van der Waals surface area contributed by atoms with Gasteiger partial charge in [0.05, 0.1) is 6.26 Å². The van der Waals surface area contributed by atoms with Gasteiger partial charge in [-0.2, -0.15) is 0 Å². The summed E-state index contributed by atoms with van der Waals surface area (Å²) >= 11 is 0. The second-order valence-electron chi connectivity index (χ2n) is 6.49. The molecule has 0 aliphatic heterocycles. The van der Waals surface area contributed by atoms with Crippen molar-refractivity contribution in [2.45, 2.75) is 38.3 Å². The number of amides is 2. The average molecular weight is 342 g/mol. The summed E-state index contributed by atoms with van der Waals surface area (Å²) in [5.41, 5.74) is 1.08. The Morgan fingerprint density at radius 3 is 2.76 bits per heavy atom. The Hall–Kier alpha value is -2.60. The predicted octanol–water partition coefficient (Wildman–Crippen LogP) is 2.87. The maximum absolute atomic E-state index is 12.4. The molecule has 1 saturated carbocycles. The molecule has 25 heavy (non-hydrogen) atoms. The van der Waals surface area contributed by atoms with E-state index >= 15 is 0 Å². The summed E-state index contributed by atoms with van der Waals surface area (Å²) in [4.78, 5) is 24.2. The molecule has 1 aromatic heterocycles. The number of furan rings is 1. The summed E-state index contributed by atoms with van der Waals surface area (Å²) in [6.07, 6.45) is 2.94. The number of nitrogens with one attached hydrogen (secondary N) is 2. The Kier molecular flexibility index (Phi) is 5.19. The Bertz CT molecular complexity index is 738. The molecule has 132 valence electrons. The molecule has 1 aliphatic carbocycles. The molecule has 1 aliphatic rings. The molecular weight excluding hydrogens is 320 g/mol. The van der Waals surface area contributed by atoms with Crippen molar-refractivity contribution in [1.29, 1.82) is 0 Å². The summed E-state index contributed by atoms with van der Waals surface area (Å²) < 4.78 is 5.16. The van der Waals surface area contributed by atoms with E-state index in [0.717, 1.165) is 12.8 Å². The number of carbonyl (C=O) groups excluding carboxylic acids is 2. The smallest absolute Gasteiger partial charge is 0.251 e. The van der Waals surface area contributed by atoms with Crippen molar-refractivity contribution < 1.29 is 19.1 Å². The van der Waals surface area contributed by atoms with E-state index in [1.165, 1.54) is 6.26 Å². The molecule has 1 aromatic carbocycles. The van der Waals surface area contributed by atoms with Crippen molar-refractivity contribution in [1.82, 2.24) is 5.32 Å². The molecule has 3 rings (SSSR count). The molecule has 2 amide bonds. The van der Waals surface area contributed by atoms with Crippen LogP contribution in [-0.4, -0.2) is 23.0 Å². The third-order valence-electron chi connectivity index (χ3n) is 4.17. The monoisotopic (exact) mass is 342 g/mol. The van der Waals surface area contributed by atoms with E-state index in [1.54, 1.807) is 36.4 Å². The van der Waals surface area contributed by atoms with Gasteiger partial charge < -0.3 is 20.2 Å². The quantitative estimate of drug-likeness (QED) is 0.721. The zero-order valence-electron chi connectivity index (χ0n) is 14.1. The van der Waals surface area contributed by atoms with Gasteiger partial charge in [0.15, 0.2) is 0 Å². The van der Waals surface area contributed by atoms with Crippen LogP contribution in [-0.2, 0) is 4.79 Å². The molecular formula is C19H22N2O4. The van der Waals surface area contributed by atoms with E-state index in [0.29, 0.717) is 23.4 Å². The van der Waals surface area contributed by atoms with Crippen molar-refractivity contribution in [3.05, 3.63) is 54.0 Å². The largest absolute Gasteiger partial charge is 0.467 e. The lowest BCUT2D eigenvalue weighted by molar-refractivity contribution is -0.117. The maximum atomic E-state index is 12.4. The highest BCUT2D eigenvalue weighted by Gasteiger charge is 2.29. The van der Waals surface area contributed by atoms with E-state index in [9.17, 15) is 14.7 Å². The molecule has 1 fully saturated rings. The fraction of sp³-hybridized carbons (Fsp3) is 0.368. The molecule has 0 saturated heterocycles. The van der Waals surface area contributed by atoms with Crippen LogP contribution in [0.15, 0.2) is 47.1 Å². The Morgan fingerprint density at radius 1 is 1.28 bits per heavy atom. The van der Waals surface area contributed by atoms with Crippen LogP contribution < -0.4 is 10.6 Å². The van der Waals surface area contributed by atoms with Crippen LogP contribution >= 0.6 is 0 Å². The Balaban J connectivity index is 1.55. The van der Waals surface area contributed by atoms with E-state index in [2.05, 4.69) is 10.6 Å². The second-order valence-corrected chi connectivity index (χ2v) is 6.49. The first-order chi connectivity index (χ1) is 12.0. The van der Waals surface area contributed by atoms with Gasteiger partial charge in [0.2, 0.25) is 5.91 Å². The summed E-state index contributed by atoms with van der Waals surface area (Å²) in [7, 11) is 0. The number of rotatable bonds is 7. The van der Waals surface area contributed by atoms with Crippen LogP contribution in [0.4, 0.5) is 5.69 Å². The van der Waals surface area contributed by atoms with Gasteiger partial charge >= 0.3 is 0 Å². The molecule has 6 heteroatoms. The van der Waals surface area contributed by atoms with Crippen molar-refractivity contribution in [3.63, 3.8) is 0 Å². The summed E-state index contributed by atoms with van der Waals surface area (Å²) in [5.74, 6) is 0.348. The van der Waals surface area contributed by atoms with Gasteiger partial charge in [0.1, 0.15) is 11.9 Å². The first-order valence-electron chi connectivity index (χ1n) is 8.46. The van der Waals surface area contributed by atoms with Crippen LogP contribution in [0.2, 0.25) is 0 Å². The minimum atomic E-state index is -0.769. The standard InChI is InChI=1S/C19H22N2O4/c1-12(10-16(22)17-6-3-9-25-17)20-19(24)14-4-2-5-15(11-14)21-18(23)13-7-8-13/h2-6,9,11-13,16,22H,7-8,10H2,1H3,(H,20,24)(H,21,23). The first kappa shape index (κ1) is 17.2. The fourth-order valence-electron chi connectivity index (χ4n) is 2.63. The molecule has 1 heterocycles. The lowest BCUT2D eigenvalue weighted by Gasteiger charge is -2.17. The summed E-state index contributed by atoms with van der Waals surface area (Å²) in [5, 5.41) is 15.8.